The zero-order chi connectivity index (χ0) is 14.9. The van der Waals surface area contributed by atoms with Gasteiger partial charge in [0.2, 0.25) is 0 Å². The van der Waals surface area contributed by atoms with Crippen LogP contribution in [0.15, 0.2) is 0 Å². The van der Waals surface area contributed by atoms with Gasteiger partial charge in [0, 0.05) is 44.3 Å². The molecular formula is C17H30N4. The molecule has 0 radical (unpaired) electrons. The molecule has 1 heterocycles. The molecule has 0 aromatic carbocycles. The summed E-state index contributed by atoms with van der Waals surface area (Å²) in [5.74, 6) is 0. The lowest BCUT2D eigenvalue weighted by Gasteiger charge is -2.45. The molecule has 2 saturated carbocycles. The van der Waals surface area contributed by atoms with E-state index in [1.807, 2.05) is 0 Å². The van der Waals surface area contributed by atoms with Crippen LogP contribution in [-0.4, -0.2) is 59.6 Å². The van der Waals surface area contributed by atoms with Crippen molar-refractivity contribution < 1.29 is 0 Å². The third-order valence-electron chi connectivity index (χ3n) is 5.59. The van der Waals surface area contributed by atoms with Gasteiger partial charge in [-0.2, -0.15) is 5.26 Å². The first kappa shape index (κ1) is 15.3. The van der Waals surface area contributed by atoms with Crippen LogP contribution in [0.4, 0.5) is 0 Å². The number of hydrogen-bond acceptors (Lipinski definition) is 4. The van der Waals surface area contributed by atoms with Crippen molar-refractivity contribution in [1.82, 2.24) is 15.1 Å². The van der Waals surface area contributed by atoms with Crippen molar-refractivity contribution in [3.8, 4) is 6.07 Å². The quantitative estimate of drug-likeness (QED) is 0.859. The molecule has 21 heavy (non-hydrogen) atoms. The van der Waals surface area contributed by atoms with E-state index in [-0.39, 0.29) is 5.54 Å². The topological polar surface area (TPSA) is 42.3 Å². The Hall–Kier alpha value is -0.630. The van der Waals surface area contributed by atoms with Crippen molar-refractivity contribution in [2.24, 2.45) is 0 Å². The highest BCUT2D eigenvalue weighted by atomic mass is 15.3. The third kappa shape index (κ3) is 3.59. The summed E-state index contributed by atoms with van der Waals surface area (Å²) in [4.78, 5) is 5.22. The van der Waals surface area contributed by atoms with Gasteiger partial charge < -0.3 is 0 Å². The number of rotatable bonds is 4. The molecule has 0 aromatic heterocycles. The van der Waals surface area contributed by atoms with E-state index in [1.54, 1.807) is 0 Å². The molecule has 1 aliphatic heterocycles. The number of nitrogens with zero attached hydrogens (tertiary/aromatic N) is 3. The second kappa shape index (κ2) is 6.24. The van der Waals surface area contributed by atoms with Gasteiger partial charge in [0.15, 0.2) is 0 Å². The second-order valence-electron chi connectivity index (χ2n) is 7.53. The largest absolute Gasteiger partial charge is 0.298 e. The summed E-state index contributed by atoms with van der Waals surface area (Å²) >= 11 is 0. The first-order valence-electron chi connectivity index (χ1n) is 8.79. The summed E-state index contributed by atoms with van der Waals surface area (Å²) in [6, 6.07) is 4.53. The summed E-state index contributed by atoms with van der Waals surface area (Å²) in [5, 5.41) is 13.4. The Morgan fingerprint density at radius 3 is 2.43 bits per heavy atom. The predicted octanol–water partition coefficient (Wildman–Crippen LogP) is 1.97. The fraction of sp³-hybridized carbons (Fsp3) is 0.941. The second-order valence-corrected chi connectivity index (χ2v) is 7.53. The minimum absolute atomic E-state index is 0.237. The summed E-state index contributed by atoms with van der Waals surface area (Å²) < 4.78 is 0. The number of nitrogens with one attached hydrogen (secondary N) is 1. The van der Waals surface area contributed by atoms with Crippen LogP contribution in [0.1, 0.15) is 52.4 Å². The van der Waals surface area contributed by atoms with E-state index >= 15 is 0 Å². The molecule has 0 aromatic rings. The fourth-order valence-corrected chi connectivity index (χ4v) is 4.06. The summed E-state index contributed by atoms with van der Waals surface area (Å²) in [6.45, 7) is 9.29. The number of nitriles is 1. The Labute approximate surface area is 129 Å². The van der Waals surface area contributed by atoms with Gasteiger partial charge in [-0.05, 0) is 52.4 Å². The third-order valence-corrected chi connectivity index (χ3v) is 5.59. The molecule has 4 nitrogen and oxygen atoms in total. The Morgan fingerprint density at radius 2 is 1.86 bits per heavy atom. The molecule has 2 unspecified atom stereocenters. The minimum atomic E-state index is -0.237. The van der Waals surface area contributed by atoms with Gasteiger partial charge in [0.1, 0.15) is 5.54 Å². The lowest BCUT2D eigenvalue weighted by atomic mass is 9.79. The van der Waals surface area contributed by atoms with Crippen LogP contribution >= 0.6 is 0 Å². The van der Waals surface area contributed by atoms with Crippen molar-refractivity contribution in [2.75, 3.05) is 26.2 Å². The van der Waals surface area contributed by atoms with Crippen molar-refractivity contribution >= 4 is 0 Å². The molecule has 4 heteroatoms. The van der Waals surface area contributed by atoms with Crippen LogP contribution in [0.3, 0.4) is 0 Å². The summed E-state index contributed by atoms with van der Waals surface area (Å²) in [7, 11) is 0. The van der Waals surface area contributed by atoms with Crippen molar-refractivity contribution in [2.45, 2.75) is 76.0 Å². The highest BCUT2D eigenvalue weighted by Crippen LogP contribution is 2.34. The Bertz CT molecular complexity index is 390. The van der Waals surface area contributed by atoms with Gasteiger partial charge in [-0.1, -0.05) is 0 Å². The highest BCUT2D eigenvalue weighted by molar-refractivity contribution is 5.13. The van der Waals surface area contributed by atoms with Crippen LogP contribution in [0.2, 0.25) is 0 Å². The maximum Gasteiger partial charge on any atom is 0.108 e. The van der Waals surface area contributed by atoms with E-state index in [1.165, 1.54) is 51.9 Å². The molecular weight excluding hydrogens is 260 g/mol. The highest BCUT2D eigenvalue weighted by Gasteiger charge is 2.42. The molecule has 2 atom stereocenters. The Balaban J connectivity index is 1.57. The lowest BCUT2D eigenvalue weighted by molar-refractivity contribution is 0.0507. The maximum absolute atomic E-state index is 9.71. The standard InChI is InChI=1S/C17H30N4/c1-14(2)20-8-10-21(11-9-20)16-4-3-7-17(12-16,13-18)19-15-5-6-15/h14-16,19H,3-12H2,1-2H3. The van der Waals surface area contributed by atoms with Crippen LogP contribution in [0.25, 0.3) is 0 Å². The average Bonchev–Trinajstić information content (AvgIpc) is 3.31. The van der Waals surface area contributed by atoms with Crippen LogP contribution in [0.5, 0.6) is 0 Å². The molecule has 3 aliphatic rings. The first-order chi connectivity index (χ1) is 10.1. The number of hydrogen-bond donors (Lipinski definition) is 1. The molecule has 2 aliphatic carbocycles. The predicted molar refractivity (Wildman–Crippen MR) is 85.0 cm³/mol. The molecule has 0 amide bonds. The molecule has 1 N–H and O–H groups in total. The lowest BCUT2D eigenvalue weighted by Crippen LogP contribution is -2.57. The van der Waals surface area contributed by atoms with E-state index in [4.69, 9.17) is 0 Å². The van der Waals surface area contributed by atoms with Crippen molar-refractivity contribution in [3.05, 3.63) is 0 Å². The van der Waals surface area contributed by atoms with Gasteiger partial charge >= 0.3 is 0 Å². The van der Waals surface area contributed by atoms with Gasteiger partial charge in [0.05, 0.1) is 6.07 Å². The Kier molecular flexibility index (Phi) is 4.54. The minimum Gasteiger partial charge on any atom is -0.298 e. The molecule has 3 fully saturated rings. The van der Waals surface area contributed by atoms with Gasteiger partial charge in [-0.3, -0.25) is 15.1 Å². The molecule has 0 spiro atoms. The van der Waals surface area contributed by atoms with E-state index in [2.05, 4.69) is 35.0 Å². The Morgan fingerprint density at radius 1 is 1.14 bits per heavy atom. The van der Waals surface area contributed by atoms with Gasteiger partial charge in [-0.25, -0.2) is 0 Å². The van der Waals surface area contributed by atoms with Gasteiger partial charge in [-0.15, -0.1) is 0 Å². The molecule has 3 rings (SSSR count). The molecule has 1 saturated heterocycles. The zero-order valence-corrected chi connectivity index (χ0v) is 13.6. The first-order valence-corrected chi connectivity index (χ1v) is 8.79. The van der Waals surface area contributed by atoms with Crippen LogP contribution < -0.4 is 5.32 Å². The van der Waals surface area contributed by atoms with Crippen molar-refractivity contribution in [1.29, 1.82) is 5.26 Å². The SMILES string of the molecule is CC(C)N1CCN(C2CCCC(C#N)(NC3CC3)C2)CC1. The van der Waals surface area contributed by atoms with Crippen molar-refractivity contribution in [3.63, 3.8) is 0 Å². The average molecular weight is 290 g/mol. The zero-order valence-electron chi connectivity index (χ0n) is 13.6. The van der Waals surface area contributed by atoms with E-state index in [0.717, 1.165) is 12.8 Å². The van der Waals surface area contributed by atoms with Crippen LogP contribution in [-0.2, 0) is 0 Å². The normalized spacial score (nSPS) is 35.8. The monoisotopic (exact) mass is 290 g/mol. The smallest absolute Gasteiger partial charge is 0.108 e. The fourth-order valence-electron chi connectivity index (χ4n) is 4.06. The summed E-state index contributed by atoms with van der Waals surface area (Å²) in [6.07, 6.45) is 7.08. The maximum atomic E-state index is 9.71. The van der Waals surface area contributed by atoms with E-state index in [0.29, 0.717) is 18.1 Å². The number of piperazine rings is 1. The van der Waals surface area contributed by atoms with E-state index in [9.17, 15) is 5.26 Å². The molecule has 0 bridgehead atoms. The molecule has 118 valence electrons. The van der Waals surface area contributed by atoms with E-state index < -0.39 is 0 Å². The van der Waals surface area contributed by atoms with Crippen LogP contribution in [0, 0.1) is 11.3 Å². The van der Waals surface area contributed by atoms with Gasteiger partial charge in [0.25, 0.3) is 0 Å². The summed E-state index contributed by atoms with van der Waals surface area (Å²) in [5.41, 5.74) is -0.237.